The minimum Gasteiger partial charge on any atom is -0.396 e. The van der Waals surface area contributed by atoms with Crippen LogP contribution in [0.1, 0.15) is 52.9 Å². The van der Waals surface area contributed by atoms with Crippen molar-refractivity contribution in [3.05, 3.63) is 0 Å². The predicted molar refractivity (Wildman–Crippen MR) is 60.0 cm³/mol. The highest BCUT2D eigenvalue weighted by molar-refractivity contribution is 5.03. The molecular weight excluding hydrogens is 174 g/mol. The minimum absolute atomic E-state index is 0.160. The molecule has 0 saturated heterocycles. The summed E-state index contributed by atoms with van der Waals surface area (Å²) >= 11 is 0. The molecule has 1 fully saturated rings. The molecule has 0 aromatic carbocycles. The van der Waals surface area contributed by atoms with Crippen LogP contribution in [0.3, 0.4) is 0 Å². The summed E-state index contributed by atoms with van der Waals surface area (Å²) in [5, 5.41) is 9.21. The van der Waals surface area contributed by atoms with E-state index >= 15 is 0 Å². The highest BCUT2D eigenvalue weighted by Crippen LogP contribution is 2.53. The van der Waals surface area contributed by atoms with Crippen molar-refractivity contribution in [1.29, 1.82) is 0 Å². The molecule has 0 amide bonds. The molecule has 14 heavy (non-hydrogen) atoms. The predicted octanol–water partition coefficient (Wildman–Crippen LogP) is 2.30. The molecule has 0 aliphatic heterocycles. The van der Waals surface area contributed by atoms with Gasteiger partial charge in [-0.3, -0.25) is 0 Å². The quantitative estimate of drug-likeness (QED) is 0.730. The molecule has 1 saturated carbocycles. The summed E-state index contributed by atoms with van der Waals surface area (Å²) in [4.78, 5) is 0. The molecular formula is C12H25NO. The Kier molecular flexibility index (Phi) is 3.59. The van der Waals surface area contributed by atoms with E-state index in [2.05, 4.69) is 20.8 Å². The van der Waals surface area contributed by atoms with Gasteiger partial charge in [0.15, 0.2) is 0 Å². The topological polar surface area (TPSA) is 46.2 Å². The van der Waals surface area contributed by atoms with Gasteiger partial charge in [-0.05, 0) is 44.4 Å². The molecule has 0 radical (unpaired) electrons. The standard InChI is InChI=1S/C12H25NO/c1-4-10-6-5-7-12(10,8-9-14)11(2,3)13/h10,14H,4-9,13H2,1-3H3. The summed E-state index contributed by atoms with van der Waals surface area (Å²) in [5.74, 6) is 0.703. The van der Waals surface area contributed by atoms with E-state index < -0.39 is 0 Å². The van der Waals surface area contributed by atoms with Crippen molar-refractivity contribution >= 4 is 0 Å². The lowest BCUT2D eigenvalue weighted by Gasteiger charge is -2.46. The molecule has 1 aliphatic rings. The van der Waals surface area contributed by atoms with Crippen molar-refractivity contribution in [2.24, 2.45) is 17.1 Å². The fraction of sp³-hybridized carbons (Fsp3) is 1.00. The average molecular weight is 199 g/mol. The first-order chi connectivity index (χ1) is 6.48. The number of hydrogen-bond donors (Lipinski definition) is 2. The fourth-order valence-corrected chi connectivity index (χ4v) is 3.44. The Hall–Kier alpha value is -0.0800. The van der Waals surface area contributed by atoms with Gasteiger partial charge < -0.3 is 10.8 Å². The molecule has 1 aliphatic carbocycles. The first kappa shape index (κ1) is 12.0. The van der Waals surface area contributed by atoms with Crippen molar-refractivity contribution in [2.45, 2.75) is 58.4 Å². The zero-order chi connectivity index (χ0) is 10.8. The van der Waals surface area contributed by atoms with Gasteiger partial charge in [0.2, 0.25) is 0 Å². The van der Waals surface area contributed by atoms with Crippen LogP contribution in [0.15, 0.2) is 0 Å². The summed E-state index contributed by atoms with van der Waals surface area (Å²) in [6.45, 7) is 6.76. The fourth-order valence-electron chi connectivity index (χ4n) is 3.44. The van der Waals surface area contributed by atoms with Crippen LogP contribution in [0, 0.1) is 11.3 Å². The Morgan fingerprint density at radius 1 is 1.50 bits per heavy atom. The molecule has 0 aromatic heterocycles. The maximum absolute atomic E-state index is 9.21. The number of hydrogen-bond acceptors (Lipinski definition) is 2. The van der Waals surface area contributed by atoms with Crippen LogP contribution >= 0.6 is 0 Å². The molecule has 84 valence electrons. The monoisotopic (exact) mass is 199 g/mol. The molecule has 0 heterocycles. The summed E-state index contributed by atoms with van der Waals surface area (Å²) in [6, 6.07) is 0. The molecule has 1 rings (SSSR count). The molecule has 3 N–H and O–H groups in total. The van der Waals surface area contributed by atoms with Crippen LogP contribution < -0.4 is 5.73 Å². The summed E-state index contributed by atoms with van der Waals surface area (Å²) in [7, 11) is 0. The SMILES string of the molecule is CCC1CCCC1(CCO)C(C)(C)N. The van der Waals surface area contributed by atoms with E-state index in [1.54, 1.807) is 0 Å². The van der Waals surface area contributed by atoms with Crippen molar-refractivity contribution in [3.63, 3.8) is 0 Å². The largest absolute Gasteiger partial charge is 0.396 e. The molecule has 2 atom stereocenters. The third-order valence-electron chi connectivity index (χ3n) is 4.29. The smallest absolute Gasteiger partial charge is 0.0437 e. The zero-order valence-corrected chi connectivity index (χ0v) is 9.84. The van der Waals surface area contributed by atoms with E-state index in [9.17, 15) is 5.11 Å². The van der Waals surface area contributed by atoms with Gasteiger partial charge in [0.05, 0.1) is 0 Å². The second-order valence-electron chi connectivity index (χ2n) is 5.35. The van der Waals surface area contributed by atoms with E-state index in [0.29, 0.717) is 5.92 Å². The van der Waals surface area contributed by atoms with E-state index in [-0.39, 0.29) is 17.6 Å². The van der Waals surface area contributed by atoms with Crippen molar-refractivity contribution in [3.8, 4) is 0 Å². The van der Waals surface area contributed by atoms with Gasteiger partial charge in [-0.15, -0.1) is 0 Å². The Bertz CT molecular complexity index is 185. The number of aliphatic hydroxyl groups excluding tert-OH is 1. The first-order valence-corrected chi connectivity index (χ1v) is 5.87. The van der Waals surface area contributed by atoms with Gasteiger partial charge >= 0.3 is 0 Å². The van der Waals surface area contributed by atoms with Crippen LogP contribution in [-0.2, 0) is 0 Å². The van der Waals surface area contributed by atoms with E-state index in [4.69, 9.17) is 5.73 Å². The van der Waals surface area contributed by atoms with Crippen LogP contribution in [0.5, 0.6) is 0 Å². The average Bonchev–Trinajstić information content (AvgIpc) is 2.48. The molecule has 0 bridgehead atoms. The third-order valence-corrected chi connectivity index (χ3v) is 4.29. The molecule has 2 heteroatoms. The Morgan fingerprint density at radius 3 is 2.57 bits per heavy atom. The minimum atomic E-state index is -0.160. The molecule has 0 spiro atoms. The molecule has 2 nitrogen and oxygen atoms in total. The Balaban J connectivity index is 2.91. The third kappa shape index (κ3) is 1.82. The van der Waals surface area contributed by atoms with Gasteiger partial charge in [0.1, 0.15) is 0 Å². The number of nitrogens with two attached hydrogens (primary N) is 1. The van der Waals surface area contributed by atoms with Crippen molar-refractivity contribution in [2.75, 3.05) is 6.61 Å². The second kappa shape index (κ2) is 4.19. The van der Waals surface area contributed by atoms with Crippen LogP contribution in [-0.4, -0.2) is 17.3 Å². The van der Waals surface area contributed by atoms with E-state index in [1.165, 1.54) is 25.7 Å². The zero-order valence-electron chi connectivity index (χ0n) is 9.84. The van der Waals surface area contributed by atoms with Crippen molar-refractivity contribution < 1.29 is 5.11 Å². The molecule has 2 unspecified atom stereocenters. The lowest BCUT2D eigenvalue weighted by Crippen LogP contribution is -2.53. The highest BCUT2D eigenvalue weighted by atomic mass is 16.3. The summed E-state index contributed by atoms with van der Waals surface area (Å²) in [5.41, 5.74) is 6.33. The van der Waals surface area contributed by atoms with Gasteiger partial charge in [-0.25, -0.2) is 0 Å². The van der Waals surface area contributed by atoms with Crippen LogP contribution in [0.25, 0.3) is 0 Å². The maximum Gasteiger partial charge on any atom is 0.0437 e. The first-order valence-electron chi connectivity index (χ1n) is 5.87. The Morgan fingerprint density at radius 2 is 2.14 bits per heavy atom. The van der Waals surface area contributed by atoms with Gasteiger partial charge in [-0.2, -0.15) is 0 Å². The number of rotatable bonds is 4. The molecule has 0 aromatic rings. The summed E-state index contributed by atoms with van der Waals surface area (Å²) in [6.07, 6.45) is 5.82. The van der Waals surface area contributed by atoms with Gasteiger partial charge in [-0.1, -0.05) is 19.8 Å². The van der Waals surface area contributed by atoms with Crippen LogP contribution in [0.2, 0.25) is 0 Å². The second-order valence-corrected chi connectivity index (χ2v) is 5.35. The van der Waals surface area contributed by atoms with Crippen molar-refractivity contribution in [1.82, 2.24) is 0 Å². The lowest BCUT2D eigenvalue weighted by molar-refractivity contribution is 0.0544. The highest BCUT2D eigenvalue weighted by Gasteiger charge is 2.49. The van der Waals surface area contributed by atoms with Crippen LogP contribution in [0.4, 0.5) is 0 Å². The van der Waals surface area contributed by atoms with Gasteiger partial charge in [0, 0.05) is 12.1 Å². The van der Waals surface area contributed by atoms with E-state index in [1.807, 2.05) is 0 Å². The maximum atomic E-state index is 9.21. The normalized spacial score (nSPS) is 33.6. The lowest BCUT2D eigenvalue weighted by atomic mass is 9.62. The van der Waals surface area contributed by atoms with Gasteiger partial charge in [0.25, 0.3) is 0 Å². The van der Waals surface area contributed by atoms with E-state index in [0.717, 1.165) is 6.42 Å². The Labute approximate surface area is 87.9 Å². The summed E-state index contributed by atoms with van der Waals surface area (Å²) < 4.78 is 0. The number of aliphatic hydroxyl groups is 1.